The molecular formula is C93H110Cl4N10O11. The largest absolute Gasteiger partial charge is 0.494 e. The summed E-state index contributed by atoms with van der Waals surface area (Å²) in [4.78, 5) is 25.0. The van der Waals surface area contributed by atoms with Gasteiger partial charge >= 0.3 is 5.82 Å². The molecule has 0 unspecified atom stereocenters. The van der Waals surface area contributed by atoms with Gasteiger partial charge in [0.2, 0.25) is 5.75 Å². The number of anilines is 2. The van der Waals surface area contributed by atoms with E-state index in [1.165, 1.54) is 32.8 Å². The number of hydrogen-bond donors (Lipinski definition) is 6. The molecule has 0 amide bonds. The van der Waals surface area contributed by atoms with E-state index >= 15 is 0 Å². The first-order chi connectivity index (χ1) is 57.2. The number of pyridine rings is 3. The first-order valence-electron chi connectivity index (χ1n) is 40.0. The highest BCUT2D eigenvalue weighted by Gasteiger charge is 2.24. The molecule has 0 atom stereocenters. The summed E-state index contributed by atoms with van der Waals surface area (Å²) in [6.07, 6.45) is 12.1. The first-order valence-corrected chi connectivity index (χ1v) is 41.1. The predicted molar refractivity (Wildman–Crippen MR) is 481 cm³/mol. The normalized spacial score (nSPS) is 10.7. The molecular weight excluding hydrogens is 1570 g/mol. The summed E-state index contributed by atoms with van der Waals surface area (Å²) in [6, 6.07) is 71.4. The number of benzene rings is 6. The van der Waals surface area contributed by atoms with Gasteiger partial charge in [-0.25, -0.2) is 9.97 Å². The molecule has 0 aliphatic carbocycles. The second kappa shape index (κ2) is 50.2. The average Bonchev–Trinajstić information content (AvgIpc) is 1.52. The zero-order valence-corrected chi connectivity index (χ0v) is 71.2. The van der Waals surface area contributed by atoms with Gasteiger partial charge in [0.25, 0.3) is 0 Å². The zero-order chi connectivity index (χ0) is 83.1. The van der Waals surface area contributed by atoms with Crippen molar-refractivity contribution in [1.82, 2.24) is 28.7 Å². The SMILES string of the molecule is CCCCCOc1ccc(-c2ccc(-c3ccccc3Cl)n2Cc2ccc(OC)c(NCCCO)n2)cc1.CCCCCOc1ccc(-c2ccc(-c3ccccc3Cl)n2Cc2ccc(OC)c(NCCCO)n2)cc1.CCCCCOc1ccc(-c2ccc(-c3ccccc3Cl)n2Cc2ccc(OC)c([N+](=O)[O-])n2)cc1.Cl.NCCCO. The molecule has 118 heavy (non-hydrogen) atoms. The van der Waals surface area contributed by atoms with Gasteiger partial charge in [0.15, 0.2) is 28.8 Å². The van der Waals surface area contributed by atoms with Crippen LogP contribution in [0.5, 0.6) is 34.5 Å². The van der Waals surface area contributed by atoms with Crippen LogP contribution in [0.4, 0.5) is 17.5 Å². The van der Waals surface area contributed by atoms with Crippen molar-refractivity contribution in [3.8, 4) is 102 Å². The third kappa shape index (κ3) is 27.0. The maximum atomic E-state index is 11.5. The number of rotatable bonds is 41. The fourth-order valence-corrected chi connectivity index (χ4v) is 13.6. The van der Waals surface area contributed by atoms with Crippen molar-refractivity contribution in [3.63, 3.8) is 0 Å². The molecule has 12 aromatic rings. The van der Waals surface area contributed by atoms with Gasteiger partial charge in [0, 0.05) is 81.8 Å². The van der Waals surface area contributed by atoms with E-state index < -0.39 is 4.92 Å². The molecule has 0 fully saturated rings. The zero-order valence-electron chi connectivity index (χ0n) is 68.1. The molecule has 0 saturated carbocycles. The standard InChI is InChI=1S/2C31H36ClN3O3.C28H28ClN3O4.C3H9NO.ClH/c2*1-3-4-7-21-38-25-14-11-23(12-15-25)28-16-17-29(26-9-5-6-10-27(26)32)35(28)22-24-13-18-30(37-2)31(34-24)33-19-8-20-36;1-3-4-7-18-36-22-13-10-20(11-14-22)25-15-16-26(23-8-5-6-9-24(23)29)31(25)19-21-12-17-27(35-2)28(30-21)32(33)34;4-2-1-3-5;/h2*5-6,9-18,36H,3-4,7-8,19-22H2,1-2H3,(H,33,34);5-6,8-17H,3-4,7,18-19H2,1-2H3;5H,1-4H2;1H. The maximum Gasteiger partial charge on any atom is 0.406 e. The van der Waals surface area contributed by atoms with Crippen LogP contribution in [0.15, 0.2) is 218 Å². The highest BCUT2D eigenvalue weighted by molar-refractivity contribution is 6.34. The van der Waals surface area contributed by atoms with E-state index in [1.54, 1.807) is 26.4 Å². The molecule has 12 rings (SSSR count). The number of aliphatic hydroxyl groups excluding tert-OH is 3. The Bertz CT molecular complexity index is 4780. The third-order valence-electron chi connectivity index (χ3n) is 19.0. The summed E-state index contributed by atoms with van der Waals surface area (Å²) in [5, 5.41) is 46.4. The summed E-state index contributed by atoms with van der Waals surface area (Å²) in [5.74, 6) is 5.05. The van der Waals surface area contributed by atoms with Crippen LogP contribution in [0, 0.1) is 10.1 Å². The Labute approximate surface area is 714 Å². The van der Waals surface area contributed by atoms with Crippen LogP contribution in [0.1, 0.15) is 115 Å². The second-order valence-electron chi connectivity index (χ2n) is 27.4. The van der Waals surface area contributed by atoms with Gasteiger partial charge in [-0.3, -0.25) is 0 Å². The number of methoxy groups -OCH3 is 3. The summed E-state index contributed by atoms with van der Waals surface area (Å²) in [5.41, 5.74) is 19.2. The number of aromatic nitrogens is 6. The second-order valence-corrected chi connectivity index (χ2v) is 28.6. The van der Waals surface area contributed by atoms with Gasteiger partial charge in [-0.15, -0.1) is 12.4 Å². The van der Waals surface area contributed by atoms with Gasteiger partial charge in [-0.2, -0.15) is 0 Å². The summed E-state index contributed by atoms with van der Waals surface area (Å²) >= 11 is 19.8. The van der Waals surface area contributed by atoms with Crippen molar-refractivity contribution in [2.24, 2.45) is 5.73 Å². The Morgan fingerprint density at radius 3 is 0.975 bits per heavy atom. The number of nitrogens with zero attached hydrogens (tertiary/aromatic N) is 7. The molecule has 6 heterocycles. The number of hydrogen-bond acceptors (Lipinski definition) is 17. The number of halogens is 4. The van der Waals surface area contributed by atoms with E-state index in [0.717, 1.165) is 148 Å². The minimum atomic E-state index is -0.535. The molecule has 6 aromatic carbocycles. The van der Waals surface area contributed by atoms with Crippen molar-refractivity contribution in [2.45, 2.75) is 117 Å². The summed E-state index contributed by atoms with van der Waals surface area (Å²) in [6.45, 7) is 12.4. The molecule has 0 radical (unpaired) electrons. The number of unbranched alkanes of at least 4 members (excludes halogenated alkanes) is 6. The fraction of sp³-hybridized carbons (Fsp3) is 0.323. The Kier molecular flexibility index (Phi) is 39.6. The molecule has 0 saturated heterocycles. The monoisotopic (exact) mass is 1680 g/mol. The average molecular weight is 1690 g/mol. The van der Waals surface area contributed by atoms with Crippen molar-refractivity contribution >= 4 is 64.7 Å². The van der Waals surface area contributed by atoms with Crippen molar-refractivity contribution < 1.29 is 48.7 Å². The number of nitrogens with two attached hydrogens (primary N) is 1. The van der Waals surface area contributed by atoms with Crippen molar-refractivity contribution in [3.05, 3.63) is 261 Å². The van der Waals surface area contributed by atoms with Crippen LogP contribution < -0.4 is 44.8 Å². The van der Waals surface area contributed by atoms with E-state index in [4.69, 9.17) is 94.2 Å². The van der Waals surface area contributed by atoms with E-state index in [1.807, 2.05) is 158 Å². The minimum Gasteiger partial charge on any atom is -0.494 e. The smallest absolute Gasteiger partial charge is 0.406 e. The molecule has 7 N–H and O–H groups in total. The number of nitrogens with one attached hydrogen (secondary N) is 2. The van der Waals surface area contributed by atoms with Gasteiger partial charge in [0.1, 0.15) is 17.2 Å². The van der Waals surface area contributed by atoms with Crippen molar-refractivity contribution in [2.75, 3.05) is 91.2 Å². The lowest BCUT2D eigenvalue weighted by Crippen LogP contribution is -2.10. The van der Waals surface area contributed by atoms with Crippen LogP contribution >= 0.6 is 47.2 Å². The van der Waals surface area contributed by atoms with Crippen LogP contribution in [-0.4, -0.2) is 130 Å². The predicted octanol–water partition coefficient (Wildman–Crippen LogP) is 21.7. The topological polar surface area (TPSA) is 263 Å². The highest BCUT2D eigenvalue weighted by Crippen LogP contribution is 2.40. The molecule has 0 aliphatic heterocycles. The molecule has 25 heteroatoms. The van der Waals surface area contributed by atoms with Gasteiger partial charge < -0.3 is 83.9 Å². The number of ether oxygens (including phenoxy) is 6. The lowest BCUT2D eigenvalue weighted by molar-refractivity contribution is -0.390. The molecule has 0 aliphatic rings. The minimum absolute atomic E-state index is 0. The fourth-order valence-electron chi connectivity index (χ4n) is 12.9. The van der Waals surface area contributed by atoms with Crippen molar-refractivity contribution in [1.29, 1.82) is 0 Å². The van der Waals surface area contributed by atoms with E-state index in [-0.39, 0.29) is 43.8 Å². The number of aliphatic hydroxyl groups is 3. The Morgan fingerprint density at radius 2 is 0.695 bits per heavy atom. The quantitative estimate of drug-likeness (QED) is 0.0118. The van der Waals surface area contributed by atoms with E-state index in [0.29, 0.717) is 103 Å². The molecule has 6 aromatic heterocycles. The lowest BCUT2D eigenvalue weighted by Gasteiger charge is -2.17. The van der Waals surface area contributed by atoms with Crippen LogP contribution in [0.3, 0.4) is 0 Å². The van der Waals surface area contributed by atoms with E-state index in [2.05, 4.69) is 98.6 Å². The van der Waals surface area contributed by atoms with Crippen LogP contribution in [-0.2, 0) is 19.6 Å². The number of nitro groups is 1. The van der Waals surface area contributed by atoms with Gasteiger partial charge in [-0.05, 0) is 235 Å². The molecule has 0 spiro atoms. The van der Waals surface area contributed by atoms with Gasteiger partial charge in [0.05, 0.1) is 89.3 Å². The third-order valence-corrected chi connectivity index (χ3v) is 20.0. The van der Waals surface area contributed by atoms with Crippen LogP contribution in [0.2, 0.25) is 15.1 Å². The lowest BCUT2D eigenvalue weighted by atomic mass is 10.1. The summed E-state index contributed by atoms with van der Waals surface area (Å²) in [7, 11) is 4.65. The first kappa shape index (κ1) is 92.9. The molecule has 21 nitrogen and oxygen atoms in total. The Balaban J connectivity index is 0.000000213. The molecule has 0 bridgehead atoms. The van der Waals surface area contributed by atoms with E-state index in [9.17, 15) is 10.1 Å². The van der Waals surface area contributed by atoms with Gasteiger partial charge in [-0.1, -0.05) is 149 Å². The summed E-state index contributed by atoms with van der Waals surface area (Å²) < 4.78 is 40.4. The Hall–Kier alpha value is -10.6. The van der Waals surface area contributed by atoms with Crippen LogP contribution in [0.25, 0.3) is 67.5 Å². The Morgan fingerprint density at radius 1 is 0.390 bits per heavy atom. The molecule has 626 valence electrons. The highest BCUT2D eigenvalue weighted by atomic mass is 35.5. The maximum absolute atomic E-state index is 11.5.